The standard InChI is InChI=1S/C14H23NO/c1-14(2,16-3)11-7-10-13(15)12-8-5-4-6-9-12/h4-6,8-9,13H,7,10-11,15H2,1-3H3. The summed E-state index contributed by atoms with van der Waals surface area (Å²) in [6.45, 7) is 4.22. The lowest BCUT2D eigenvalue weighted by Crippen LogP contribution is -2.22. The minimum atomic E-state index is -0.0313. The Hall–Kier alpha value is -0.860. The molecule has 0 heterocycles. The summed E-state index contributed by atoms with van der Waals surface area (Å²) in [7, 11) is 1.76. The summed E-state index contributed by atoms with van der Waals surface area (Å²) in [5, 5.41) is 0. The molecule has 0 spiro atoms. The van der Waals surface area contributed by atoms with Crippen LogP contribution in [0.25, 0.3) is 0 Å². The molecule has 0 aromatic heterocycles. The minimum absolute atomic E-state index is 0.0313. The van der Waals surface area contributed by atoms with Gasteiger partial charge in [0, 0.05) is 13.2 Å². The van der Waals surface area contributed by atoms with Crippen molar-refractivity contribution in [1.29, 1.82) is 0 Å². The van der Waals surface area contributed by atoms with E-state index in [1.165, 1.54) is 5.56 Å². The highest BCUT2D eigenvalue weighted by Gasteiger charge is 2.16. The zero-order valence-corrected chi connectivity index (χ0v) is 10.6. The molecule has 1 aromatic carbocycles. The molecule has 0 saturated carbocycles. The minimum Gasteiger partial charge on any atom is -0.379 e. The molecule has 1 aromatic rings. The summed E-state index contributed by atoms with van der Waals surface area (Å²) in [6.07, 6.45) is 3.15. The van der Waals surface area contributed by atoms with E-state index in [4.69, 9.17) is 10.5 Å². The fourth-order valence-electron chi connectivity index (χ4n) is 1.72. The van der Waals surface area contributed by atoms with Crippen molar-refractivity contribution in [1.82, 2.24) is 0 Å². The van der Waals surface area contributed by atoms with E-state index in [0.717, 1.165) is 19.3 Å². The van der Waals surface area contributed by atoms with E-state index in [9.17, 15) is 0 Å². The third-order valence-electron chi connectivity index (χ3n) is 3.07. The van der Waals surface area contributed by atoms with Crippen LogP contribution in [0, 0.1) is 0 Å². The smallest absolute Gasteiger partial charge is 0.0622 e. The first kappa shape index (κ1) is 13.2. The SMILES string of the molecule is COC(C)(C)CCCC(N)c1ccccc1. The van der Waals surface area contributed by atoms with E-state index >= 15 is 0 Å². The molecule has 0 aliphatic rings. The first-order valence-electron chi connectivity index (χ1n) is 5.91. The molecule has 16 heavy (non-hydrogen) atoms. The van der Waals surface area contributed by atoms with Crippen LogP contribution in [0.1, 0.15) is 44.7 Å². The molecule has 2 nitrogen and oxygen atoms in total. The monoisotopic (exact) mass is 221 g/mol. The molecule has 0 radical (unpaired) electrons. The molecule has 2 N–H and O–H groups in total. The van der Waals surface area contributed by atoms with Gasteiger partial charge in [-0.1, -0.05) is 30.3 Å². The van der Waals surface area contributed by atoms with Crippen LogP contribution in [-0.2, 0) is 4.74 Å². The predicted octanol–water partition coefficient (Wildman–Crippen LogP) is 3.28. The number of nitrogens with two attached hydrogens (primary N) is 1. The Morgan fingerprint density at radius 1 is 1.25 bits per heavy atom. The highest BCUT2D eigenvalue weighted by Crippen LogP contribution is 2.21. The average Bonchev–Trinajstić information content (AvgIpc) is 2.30. The molecular weight excluding hydrogens is 198 g/mol. The van der Waals surface area contributed by atoms with Crippen molar-refractivity contribution in [3.8, 4) is 0 Å². The normalized spacial score (nSPS) is 13.8. The number of benzene rings is 1. The number of hydrogen-bond donors (Lipinski definition) is 1. The maximum absolute atomic E-state index is 6.12. The Bertz CT molecular complexity index is 295. The van der Waals surface area contributed by atoms with E-state index in [1.807, 2.05) is 18.2 Å². The number of hydrogen-bond acceptors (Lipinski definition) is 2. The predicted molar refractivity (Wildman–Crippen MR) is 68.3 cm³/mol. The van der Waals surface area contributed by atoms with Crippen LogP contribution in [0.3, 0.4) is 0 Å². The van der Waals surface area contributed by atoms with Crippen LogP contribution in [-0.4, -0.2) is 12.7 Å². The van der Waals surface area contributed by atoms with Crippen molar-refractivity contribution in [2.75, 3.05) is 7.11 Å². The van der Waals surface area contributed by atoms with Crippen molar-refractivity contribution < 1.29 is 4.74 Å². The van der Waals surface area contributed by atoms with Gasteiger partial charge in [-0.15, -0.1) is 0 Å². The third kappa shape index (κ3) is 4.33. The zero-order valence-electron chi connectivity index (χ0n) is 10.6. The largest absolute Gasteiger partial charge is 0.379 e. The topological polar surface area (TPSA) is 35.2 Å². The van der Waals surface area contributed by atoms with Gasteiger partial charge >= 0.3 is 0 Å². The van der Waals surface area contributed by atoms with Gasteiger partial charge in [0.25, 0.3) is 0 Å². The van der Waals surface area contributed by atoms with E-state index in [1.54, 1.807) is 7.11 Å². The van der Waals surface area contributed by atoms with Crippen LogP contribution in [0.15, 0.2) is 30.3 Å². The van der Waals surface area contributed by atoms with Gasteiger partial charge in [-0.3, -0.25) is 0 Å². The highest BCUT2D eigenvalue weighted by molar-refractivity contribution is 5.18. The molecule has 0 aliphatic carbocycles. The second-order valence-corrected chi connectivity index (χ2v) is 4.87. The Kier molecular flexibility index (Phi) is 4.97. The van der Waals surface area contributed by atoms with Crippen LogP contribution in [0.5, 0.6) is 0 Å². The third-order valence-corrected chi connectivity index (χ3v) is 3.07. The summed E-state index contributed by atoms with van der Waals surface area (Å²) in [4.78, 5) is 0. The van der Waals surface area contributed by atoms with Gasteiger partial charge in [0.05, 0.1) is 5.60 Å². The summed E-state index contributed by atoms with van der Waals surface area (Å²) in [6, 6.07) is 10.4. The fraction of sp³-hybridized carbons (Fsp3) is 0.571. The Morgan fingerprint density at radius 3 is 2.44 bits per heavy atom. The molecule has 0 saturated heterocycles. The van der Waals surface area contributed by atoms with Crippen LogP contribution >= 0.6 is 0 Å². The van der Waals surface area contributed by atoms with Crippen molar-refractivity contribution in [2.45, 2.75) is 44.8 Å². The van der Waals surface area contributed by atoms with Crippen molar-refractivity contribution in [3.63, 3.8) is 0 Å². The molecule has 0 amide bonds. The quantitative estimate of drug-likeness (QED) is 0.800. The summed E-state index contributed by atoms with van der Waals surface area (Å²) < 4.78 is 5.38. The molecule has 1 unspecified atom stereocenters. The molecule has 1 atom stereocenters. The van der Waals surface area contributed by atoms with Crippen LogP contribution < -0.4 is 5.73 Å². The van der Waals surface area contributed by atoms with E-state index in [0.29, 0.717) is 0 Å². The molecule has 0 aliphatic heterocycles. The molecule has 0 bridgehead atoms. The van der Waals surface area contributed by atoms with Gasteiger partial charge in [0.1, 0.15) is 0 Å². The van der Waals surface area contributed by atoms with Gasteiger partial charge in [-0.2, -0.15) is 0 Å². The van der Waals surface area contributed by atoms with Crippen molar-refractivity contribution >= 4 is 0 Å². The summed E-state index contributed by atoms with van der Waals surface area (Å²) >= 11 is 0. The first-order valence-corrected chi connectivity index (χ1v) is 5.91. The maximum Gasteiger partial charge on any atom is 0.0622 e. The van der Waals surface area contributed by atoms with Gasteiger partial charge < -0.3 is 10.5 Å². The second kappa shape index (κ2) is 6.02. The van der Waals surface area contributed by atoms with Crippen LogP contribution in [0.4, 0.5) is 0 Å². The second-order valence-electron chi connectivity index (χ2n) is 4.87. The first-order chi connectivity index (χ1) is 7.55. The van der Waals surface area contributed by atoms with Gasteiger partial charge in [-0.05, 0) is 38.7 Å². The van der Waals surface area contributed by atoms with E-state index in [2.05, 4.69) is 26.0 Å². The Labute approximate surface area is 98.8 Å². The lowest BCUT2D eigenvalue weighted by molar-refractivity contribution is 0.0132. The summed E-state index contributed by atoms with van der Waals surface area (Å²) in [5.74, 6) is 0. The molecule has 1 rings (SSSR count). The molecular formula is C14H23NO. The Balaban J connectivity index is 2.34. The fourth-order valence-corrected chi connectivity index (χ4v) is 1.72. The van der Waals surface area contributed by atoms with Gasteiger partial charge in [0.15, 0.2) is 0 Å². The van der Waals surface area contributed by atoms with Crippen molar-refractivity contribution in [2.24, 2.45) is 5.73 Å². The summed E-state index contributed by atoms with van der Waals surface area (Å²) in [5.41, 5.74) is 7.31. The van der Waals surface area contributed by atoms with Gasteiger partial charge in [-0.25, -0.2) is 0 Å². The number of ether oxygens (including phenoxy) is 1. The molecule has 0 fully saturated rings. The van der Waals surface area contributed by atoms with Crippen molar-refractivity contribution in [3.05, 3.63) is 35.9 Å². The highest BCUT2D eigenvalue weighted by atomic mass is 16.5. The lowest BCUT2D eigenvalue weighted by atomic mass is 9.96. The average molecular weight is 221 g/mol. The maximum atomic E-state index is 6.12. The van der Waals surface area contributed by atoms with Crippen LogP contribution in [0.2, 0.25) is 0 Å². The number of rotatable bonds is 6. The van der Waals surface area contributed by atoms with E-state index in [-0.39, 0.29) is 11.6 Å². The Morgan fingerprint density at radius 2 is 1.88 bits per heavy atom. The lowest BCUT2D eigenvalue weighted by Gasteiger charge is -2.23. The van der Waals surface area contributed by atoms with E-state index < -0.39 is 0 Å². The molecule has 2 heteroatoms. The zero-order chi connectivity index (χ0) is 12.0. The number of methoxy groups -OCH3 is 1. The molecule has 90 valence electrons. The van der Waals surface area contributed by atoms with Gasteiger partial charge in [0.2, 0.25) is 0 Å².